The number of nitrogens with zero attached hydrogens (tertiary/aromatic N) is 2. The van der Waals surface area contributed by atoms with Crippen LogP contribution in [0.2, 0.25) is 0 Å². The van der Waals surface area contributed by atoms with Crippen LogP contribution in [0.4, 0.5) is 0 Å². The second kappa shape index (κ2) is 3.25. The number of hydrogen-bond donors (Lipinski definition) is 0. The van der Waals surface area contributed by atoms with E-state index < -0.39 is 0 Å². The monoisotopic (exact) mass is 188 g/mol. The summed E-state index contributed by atoms with van der Waals surface area (Å²) in [6.07, 6.45) is 3.48. The maximum absolute atomic E-state index is 11.6. The molecule has 2 rings (SSSR count). The summed E-state index contributed by atoms with van der Waals surface area (Å²) in [6.45, 7) is 4.00. The number of rotatable bonds is 1. The van der Waals surface area contributed by atoms with Gasteiger partial charge in [-0.15, -0.1) is 0 Å². The van der Waals surface area contributed by atoms with E-state index in [1.165, 1.54) is 0 Å². The number of hydrogen-bond acceptors (Lipinski definition) is 2. The van der Waals surface area contributed by atoms with E-state index in [1.807, 2.05) is 26.0 Å². The lowest BCUT2D eigenvalue weighted by molar-refractivity contribution is 0.600. The molecule has 3 nitrogen and oxygen atoms in total. The molecule has 72 valence electrons. The molecule has 0 saturated heterocycles. The lowest BCUT2D eigenvalue weighted by atomic mass is 10.2. The van der Waals surface area contributed by atoms with Crippen molar-refractivity contribution < 1.29 is 0 Å². The van der Waals surface area contributed by atoms with Crippen LogP contribution >= 0.6 is 0 Å². The first-order chi connectivity index (χ1) is 6.70. The van der Waals surface area contributed by atoms with Crippen LogP contribution in [0.15, 0.2) is 35.4 Å². The van der Waals surface area contributed by atoms with Crippen molar-refractivity contribution in [1.82, 2.24) is 9.55 Å². The topological polar surface area (TPSA) is 34.9 Å². The molecule has 0 unspecified atom stereocenters. The predicted molar refractivity (Wildman–Crippen MR) is 56.4 cm³/mol. The van der Waals surface area contributed by atoms with Crippen molar-refractivity contribution in [1.29, 1.82) is 0 Å². The lowest BCUT2D eigenvalue weighted by Gasteiger charge is -2.12. The Kier molecular flexibility index (Phi) is 2.08. The van der Waals surface area contributed by atoms with Gasteiger partial charge in [0.1, 0.15) is 0 Å². The number of aromatic nitrogens is 2. The van der Waals surface area contributed by atoms with Crippen LogP contribution in [0.5, 0.6) is 0 Å². The molecule has 0 amide bonds. The molecule has 0 saturated carbocycles. The average molecular weight is 188 g/mol. The standard InChI is InChI=1S/C11H12N2O/c1-8(2)13-10-5-6-12-7-9(10)3-4-11(13)14/h3-8H,1-2H3. The van der Waals surface area contributed by atoms with Gasteiger partial charge in [0.2, 0.25) is 0 Å². The van der Waals surface area contributed by atoms with Gasteiger partial charge in [-0.1, -0.05) is 0 Å². The summed E-state index contributed by atoms with van der Waals surface area (Å²) in [6, 6.07) is 5.44. The minimum Gasteiger partial charge on any atom is -0.306 e. The zero-order chi connectivity index (χ0) is 10.1. The number of fused-ring (bicyclic) bond motifs is 1. The highest BCUT2D eigenvalue weighted by Crippen LogP contribution is 2.13. The van der Waals surface area contributed by atoms with Gasteiger partial charge in [0.25, 0.3) is 5.56 Å². The molecule has 2 heterocycles. The SMILES string of the molecule is CC(C)n1c(=O)ccc2cnccc21. The molecule has 2 aromatic rings. The van der Waals surface area contributed by atoms with Crippen molar-refractivity contribution in [2.75, 3.05) is 0 Å². The van der Waals surface area contributed by atoms with Gasteiger partial charge < -0.3 is 4.57 Å². The van der Waals surface area contributed by atoms with E-state index >= 15 is 0 Å². The second-order valence-electron chi connectivity index (χ2n) is 3.57. The van der Waals surface area contributed by atoms with Gasteiger partial charge in [-0.05, 0) is 26.0 Å². The summed E-state index contributed by atoms with van der Waals surface area (Å²) >= 11 is 0. The van der Waals surface area contributed by atoms with Crippen molar-refractivity contribution in [3.8, 4) is 0 Å². The largest absolute Gasteiger partial charge is 0.306 e. The Morgan fingerprint density at radius 2 is 2.07 bits per heavy atom. The fourth-order valence-electron chi connectivity index (χ4n) is 1.64. The molecule has 0 spiro atoms. The van der Waals surface area contributed by atoms with Crippen LogP contribution in [0, 0.1) is 0 Å². The highest BCUT2D eigenvalue weighted by molar-refractivity contribution is 5.77. The summed E-state index contributed by atoms with van der Waals surface area (Å²) < 4.78 is 1.77. The van der Waals surface area contributed by atoms with E-state index in [9.17, 15) is 4.79 Å². The summed E-state index contributed by atoms with van der Waals surface area (Å²) in [5.41, 5.74) is 0.987. The van der Waals surface area contributed by atoms with Crippen LogP contribution < -0.4 is 5.56 Å². The Morgan fingerprint density at radius 1 is 1.29 bits per heavy atom. The van der Waals surface area contributed by atoms with Crippen molar-refractivity contribution >= 4 is 10.9 Å². The zero-order valence-corrected chi connectivity index (χ0v) is 8.27. The second-order valence-corrected chi connectivity index (χ2v) is 3.57. The molecular formula is C11H12N2O. The smallest absolute Gasteiger partial charge is 0.251 e. The first-order valence-corrected chi connectivity index (χ1v) is 4.65. The fraction of sp³-hybridized carbons (Fsp3) is 0.273. The van der Waals surface area contributed by atoms with E-state index in [1.54, 1.807) is 23.0 Å². The van der Waals surface area contributed by atoms with Crippen LogP contribution in [0.25, 0.3) is 10.9 Å². The molecular weight excluding hydrogens is 176 g/mol. The molecule has 2 aromatic heterocycles. The quantitative estimate of drug-likeness (QED) is 0.685. The Morgan fingerprint density at radius 3 is 2.79 bits per heavy atom. The Hall–Kier alpha value is -1.64. The summed E-state index contributed by atoms with van der Waals surface area (Å²) in [7, 11) is 0. The van der Waals surface area contributed by atoms with Crippen molar-refractivity contribution in [3.63, 3.8) is 0 Å². The predicted octanol–water partition coefficient (Wildman–Crippen LogP) is 1.98. The van der Waals surface area contributed by atoms with Crippen LogP contribution in [0.3, 0.4) is 0 Å². The molecule has 0 aromatic carbocycles. The van der Waals surface area contributed by atoms with Gasteiger partial charge in [0.05, 0.1) is 5.52 Å². The van der Waals surface area contributed by atoms with E-state index in [0.717, 1.165) is 10.9 Å². The Labute approximate surface area is 82.0 Å². The average Bonchev–Trinajstić information content (AvgIpc) is 2.17. The summed E-state index contributed by atoms with van der Waals surface area (Å²) in [4.78, 5) is 15.6. The van der Waals surface area contributed by atoms with Crippen LogP contribution in [0.1, 0.15) is 19.9 Å². The molecule has 0 aliphatic carbocycles. The molecule has 0 radical (unpaired) electrons. The third-order valence-corrected chi connectivity index (χ3v) is 2.25. The van der Waals surface area contributed by atoms with Gasteiger partial charge >= 0.3 is 0 Å². The molecule has 0 atom stereocenters. The molecule has 0 aliphatic rings. The lowest BCUT2D eigenvalue weighted by Crippen LogP contribution is -2.20. The Bertz CT molecular complexity index is 514. The summed E-state index contributed by atoms with van der Waals surface area (Å²) in [5, 5.41) is 1.00. The van der Waals surface area contributed by atoms with Crippen molar-refractivity contribution in [3.05, 3.63) is 40.9 Å². The maximum atomic E-state index is 11.6. The minimum atomic E-state index is 0.0405. The molecule has 0 N–H and O–H groups in total. The van der Waals surface area contributed by atoms with Gasteiger partial charge in [-0.2, -0.15) is 0 Å². The highest BCUT2D eigenvalue weighted by Gasteiger charge is 2.04. The molecule has 0 aliphatic heterocycles. The third-order valence-electron chi connectivity index (χ3n) is 2.25. The third kappa shape index (κ3) is 1.31. The molecule has 3 heteroatoms. The molecule has 0 bridgehead atoms. The van der Waals surface area contributed by atoms with Gasteiger partial charge in [0, 0.05) is 29.9 Å². The maximum Gasteiger partial charge on any atom is 0.251 e. The molecule has 14 heavy (non-hydrogen) atoms. The minimum absolute atomic E-state index is 0.0405. The van der Waals surface area contributed by atoms with E-state index in [-0.39, 0.29) is 11.6 Å². The number of pyridine rings is 2. The van der Waals surface area contributed by atoms with E-state index in [0.29, 0.717) is 0 Å². The van der Waals surface area contributed by atoms with E-state index in [4.69, 9.17) is 0 Å². The highest BCUT2D eigenvalue weighted by atomic mass is 16.1. The van der Waals surface area contributed by atoms with Gasteiger partial charge in [0.15, 0.2) is 0 Å². The van der Waals surface area contributed by atoms with Crippen LogP contribution in [-0.2, 0) is 0 Å². The van der Waals surface area contributed by atoms with Crippen LogP contribution in [-0.4, -0.2) is 9.55 Å². The fourth-order valence-corrected chi connectivity index (χ4v) is 1.64. The van der Waals surface area contributed by atoms with Crippen molar-refractivity contribution in [2.24, 2.45) is 0 Å². The van der Waals surface area contributed by atoms with Gasteiger partial charge in [-0.3, -0.25) is 9.78 Å². The Balaban J connectivity index is 2.90. The summed E-state index contributed by atoms with van der Waals surface area (Å²) in [5.74, 6) is 0. The normalized spacial score (nSPS) is 11.1. The first-order valence-electron chi connectivity index (χ1n) is 4.65. The van der Waals surface area contributed by atoms with Crippen molar-refractivity contribution in [2.45, 2.75) is 19.9 Å². The molecule has 0 fully saturated rings. The van der Waals surface area contributed by atoms with Gasteiger partial charge in [-0.25, -0.2) is 0 Å². The zero-order valence-electron chi connectivity index (χ0n) is 8.27. The first kappa shape index (κ1) is 8.94. The van der Waals surface area contributed by atoms with E-state index in [2.05, 4.69) is 4.98 Å².